The number of hydrogen-bond acceptors (Lipinski definition) is 2. The number of carbonyl (C=O) groups is 1. The van der Waals surface area contributed by atoms with Crippen molar-refractivity contribution < 1.29 is 15.0 Å². The van der Waals surface area contributed by atoms with Crippen molar-refractivity contribution in [2.24, 2.45) is 5.92 Å². The second kappa shape index (κ2) is 3.76. The Morgan fingerprint density at radius 3 is 2.33 bits per heavy atom. The first kappa shape index (κ1) is 9.32. The molecule has 1 aliphatic rings. The van der Waals surface area contributed by atoms with Gasteiger partial charge < -0.3 is 15.1 Å². The van der Waals surface area contributed by atoms with E-state index in [0.29, 0.717) is 13.1 Å². The Morgan fingerprint density at radius 2 is 2.00 bits per heavy atom. The predicted octanol–water partition coefficient (Wildman–Crippen LogP) is 0.757. The third-order valence-electron chi connectivity index (χ3n) is 2.49. The lowest BCUT2D eigenvalue weighted by Gasteiger charge is -2.31. The van der Waals surface area contributed by atoms with E-state index in [1.165, 1.54) is 4.90 Å². The van der Waals surface area contributed by atoms with Crippen molar-refractivity contribution in [3.8, 4) is 0 Å². The first-order valence-corrected chi connectivity index (χ1v) is 4.27. The number of aliphatic hydroxyl groups is 1. The van der Waals surface area contributed by atoms with Gasteiger partial charge in [-0.2, -0.15) is 0 Å². The molecular formula is C8H15NO3. The lowest BCUT2D eigenvalue weighted by molar-refractivity contribution is 0.0685. The molecule has 0 aliphatic carbocycles. The van der Waals surface area contributed by atoms with Gasteiger partial charge in [-0.1, -0.05) is 0 Å². The zero-order valence-electron chi connectivity index (χ0n) is 7.23. The van der Waals surface area contributed by atoms with Gasteiger partial charge in [-0.05, 0) is 25.7 Å². The first-order valence-electron chi connectivity index (χ1n) is 4.27. The fourth-order valence-corrected chi connectivity index (χ4v) is 1.57. The Bertz CT molecular complexity index is 162. The molecule has 12 heavy (non-hydrogen) atoms. The maximum atomic E-state index is 10.5. The Balaban J connectivity index is 2.34. The van der Waals surface area contributed by atoms with Crippen molar-refractivity contribution in [3.05, 3.63) is 0 Å². The number of piperidine rings is 1. The minimum Gasteiger partial charge on any atom is -0.465 e. The van der Waals surface area contributed by atoms with Crippen LogP contribution in [0.4, 0.5) is 4.79 Å². The van der Waals surface area contributed by atoms with E-state index in [1.54, 1.807) is 6.92 Å². The molecule has 1 saturated heterocycles. The van der Waals surface area contributed by atoms with Crippen LogP contribution in [0.25, 0.3) is 0 Å². The summed E-state index contributed by atoms with van der Waals surface area (Å²) >= 11 is 0. The monoisotopic (exact) mass is 173 g/mol. The molecule has 0 aromatic rings. The fraction of sp³-hybridized carbons (Fsp3) is 0.875. The minimum absolute atomic E-state index is 0.278. The molecule has 1 aliphatic heterocycles. The molecular weight excluding hydrogens is 158 g/mol. The van der Waals surface area contributed by atoms with Crippen LogP contribution in [0.2, 0.25) is 0 Å². The summed E-state index contributed by atoms with van der Waals surface area (Å²) in [6.45, 7) is 2.89. The quantitative estimate of drug-likeness (QED) is 0.615. The molecule has 0 spiro atoms. The zero-order valence-corrected chi connectivity index (χ0v) is 7.23. The van der Waals surface area contributed by atoms with Crippen molar-refractivity contribution >= 4 is 6.09 Å². The van der Waals surface area contributed by atoms with E-state index in [4.69, 9.17) is 5.11 Å². The van der Waals surface area contributed by atoms with E-state index in [2.05, 4.69) is 0 Å². The summed E-state index contributed by atoms with van der Waals surface area (Å²) in [5, 5.41) is 17.9. The lowest BCUT2D eigenvalue weighted by Crippen LogP contribution is -2.39. The topological polar surface area (TPSA) is 60.8 Å². The fourth-order valence-electron chi connectivity index (χ4n) is 1.57. The van der Waals surface area contributed by atoms with Gasteiger partial charge in [-0.25, -0.2) is 4.79 Å². The highest BCUT2D eigenvalue weighted by Crippen LogP contribution is 2.20. The predicted molar refractivity (Wildman–Crippen MR) is 44.0 cm³/mol. The van der Waals surface area contributed by atoms with Crippen LogP contribution >= 0.6 is 0 Å². The number of likely N-dealkylation sites (tertiary alicyclic amines) is 1. The second-order valence-electron chi connectivity index (χ2n) is 3.35. The van der Waals surface area contributed by atoms with Crippen molar-refractivity contribution in [1.29, 1.82) is 0 Å². The molecule has 0 unspecified atom stereocenters. The second-order valence-corrected chi connectivity index (χ2v) is 3.35. The Hall–Kier alpha value is -0.770. The molecule has 0 aromatic carbocycles. The van der Waals surface area contributed by atoms with Crippen LogP contribution in [0.1, 0.15) is 19.8 Å². The van der Waals surface area contributed by atoms with Gasteiger partial charge in [-0.3, -0.25) is 0 Å². The van der Waals surface area contributed by atoms with Gasteiger partial charge in [0.15, 0.2) is 0 Å². The van der Waals surface area contributed by atoms with E-state index in [1.807, 2.05) is 0 Å². The molecule has 4 heteroatoms. The molecule has 1 amide bonds. The molecule has 4 nitrogen and oxygen atoms in total. The molecule has 0 radical (unpaired) electrons. The van der Waals surface area contributed by atoms with Crippen LogP contribution < -0.4 is 0 Å². The van der Waals surface area contributed by atoms with Crippen molar-refractivity contribution in [2.75, 3.05) is 13.1 Å². The summed E-state index contributed by atoms with van der Waals surface area (Å²) in [6.07, 6.45) is 0.411. The van der Waals surface area contributed by atoms with Gasteiger partial charge in [0.2, 0.25) is 0 Å². The minimum atomic E-state index is -0.848. The normalized spacial score (nSPS) is 22.3. The largest absolute Gasteiger partial charge is 0.465 e. The van der Waals surface area contributed by atoms with Gasteiger partial charge in [-0.15, -0.1) is 0 Å². The standard InChI is InChI=1S/C8H15NO3/c1-6(10)7-2-4-9(5-3-7)8(11)12/h6-7,10H,2-5H2,1H3,(H,11,12)/t6-/m1/s1. The van der Waals surface area contributed by atoms with Crippen molar-refractivity contribution in [1.82, 2.24) is 4.90 Å². The maximum Gasteiger partial charge on any atom is 0.407 e. The number of carboxylic acid groups (broad SMARTS) is 1. The van der Waals surface area contributed by atoms with Crippen LogP contribution in [-0.4, -0.2) is 40.4 Å². The summed E-state index contributed by atoms with van der Waals surface area (Å²) in [7, 11) is 0. The average Bonchev–Trinajstić information content (AvgIpc) is 2.04. The van der Waals surface area contributed by atoms with Crippen molar-refractivity contribution in [3.63, 3.8) is 0 Å². The number of rotatable bonds is 1. The summed E-state index contributed by atoms with van der Waals surface area (Å²) < 4.78 is 0. The lowest BCUT2D eigenvalue weighted by atomic mass is 9.92. The maximum absolute atomic E-state index is 10.5. The number of aliphatic hydroxyl groups excluding tert-OH is 1. The summed E-state index contributed by atoms with van der Waals surface area (Å²) in [5.41, 5.74) is 0. The van der Waals surface area contributed by atoms with Gasteiger partial charge in [0, 0.05) is 13.1 Å². The molecule has 1 atom stereocenters. The number of amides is 1. The van der Waals surface area contributed by atoms with Crippen LogP contribution in [0, 0.1) is 5.92 Å². The molecule has 1 rings (SSSR count). The molecule has 0 bridgehead atoms. The van der Waals surface area contributed by atoms with Crippen LogP contribution in [-0.2, 0) is 0 Å². The van der Waals surface area contributed by atoms with Crippen LogP contribution in [0.3, 0.4) is 0 Å². The van der Waals surface area contributed by atoms with E-state index >= 15 is 0 Å². The summed E-state index contributed by atoms with van der Waals surface area (Å²) in [5.74, 6) is 0.278. The third kappa shape index (κ3) is 2.11. The van der Waals surface area contributed by atoms with Crippen LogP contribution in [0.5, 0.6) is 0 Å². The van der Waals surface area contributed by atoms with E-state index in [0.717, 1.165) is 12.8 Å². The van der Waals surface area contributed by atoms with Crippen molar-refractivity contribution in [2.45, 2.75) is 25.9 Å². The molecule has 0 saturated carbocycles. The number of hydrogen-bond donors (Lipinski definition) is 2. The highest BCUT2D eigenvalue weighted by Gasteiger charge is 2.24. The molecule has 2 N–H and O–H groups in total. The van der Waals surface area contributed by atoms with Gasteiger partial charge in [0.05, 0.1) is 6.10 Å². The molecule has 1 heterocycles. The van der Waals surface area contributed by atoms with Gasteiger partial charge in [0.25, 0.3) is 0 Å². The SMILES string of the molecule is C[C@@H](O)C1CCN(C(=O)O)CC1. The smallest absolute Gasteiger partial charge is 0.407 e. The highest BCUT2D eigenvalue weighted by molar-refractivity contribution is 5.64. The van der Waals surface area contributed by atoms with Crippen LogP contribution in [0.15, 0.2) is 0 Å². The third-order valence-corrected chi connectivity index (χ3v) is 2.49. The molecule has 70 valence electrons. The van der Waals surface area contributed by atoms with Gasteiger partial charge >= 0.3 is 6.09 Å². The molecule has 1 fully saturated rings. The van der Waals surface area contributed by atoms with E-state index in [9.17, 15) is 9.90 Å². The summed E-state index contributed by atoms with van der Waals surface area (Å²) in [6, 6.07) is 0. The van der Waals surface area contributed by atoms with Gasteiger partial charge in [0.1, 0.15) is 0 Å². The zero-order chi connectivity index (χ0) is 9.14. The Morgan fingerprint density at radius 1 is 1.50 bits per heavy atom. The van der Waals surface area contributed by atoms with E-state index in [-0.39, 0.29) is 12.0 Å². The molecule has 0 aromatic heterocycles. The highest BCUT2D eigenvalue weighted by atomic mass is 16.4. The number of nitrogens with zero attached hydrogens (tertiary/aromatic N) is 1. The summed E-state index contributed by atoms with van der Waals surface area (Å²) in [4.78, 5) is 11.9. The average molecular weight is 173 g/mol. The van der Waals surface area contributed by atoms with E-state index < -0.39 is 6.09 Å². The Labute approximate surface area is 71.8 Å². The Kier molecular flexibility index (Phi) is 2.92. The first-order chi connectivity index (χ1) is 5.61.